The number of carbonyl (C=O) groups is 1. The number of fused-ring (bicyclic) bond motifs is 2. The second-order valence-corrected chi connectivity index (χ2v) is 10.2. The number of aromatic carboxylic acids is 1. The van der Waals surface area contributed by atoms with Gasteiger partial charge in [-0.3, -0.25) is 0 Å². The minimum atomic E-state index is -4.68. The van der Waals surface area contributed by atoms with Crippen molar-refractivity contribution < 1.29 is 41.3 Å². The van der Waals surface area contributed by atoms with Gasteiger partial charge >= 0.3 is 18.4 Å². The van der Waals surface area contributed by atoms with Crippen LogP contribution in [0.2, 0.25) is 0 Å². The monoisotopic (exact) mass is 601 g/mol. The lowest BCUT2D eigenvalue weighted by molar-refractivity contribution is -0.286. The summed E-state index contributed by atoms with van der Waals surface area (Å²) in [4.78, 5) is 15.5. The highest BCUT2D eigenvalue weighted by Gasteiger charge is 2.44. The number of aromatic nitrogens is 3. The number of halogens is 5. The van der Waals surface area contributed by atoms with Crippen LogP contribution in [0.25, 0.3) is 5.69 Å². The van der Waals surface area contributed by atoms with Crippen molar-refractivity contribution in [1.29, 1.82) is 0 Å². The SMILES string of the molecule is C[C@H](Nc1cc(-n2nc(C(F)(F)F)c3c2[C@@H](Nc2ccc(C(=O)O)cc2)CCC3)ccn1)c1ccc2c(c1)OC(F)(F)O2. The first-order chi connectivity index (χ1) is 20.4. The highest BCUT2D eigenvalue weighted by atomic mass is 19.4. The van der Waals surface area contributed by atoms with E-state index in [1.54, 1.807) is 37.3 Å². The van der Waals surface area contributed by atoms with Crippen molar-refractivity contribution >= 4 is 17.5 Å². The molecule has 0 radical (unpaired) electrons. The summed E-state index contributed by atoms with van der Waals surface area (Å²) in [6, 6.07) is 12.4. The summed E-state index contributed by atoms with van der Waals surface area (Å²) in [5.41, 5.74) is 1.03. The van der Waals surface area contributed by atoms with E-state index in [4.69, 9.17) is 0 Å². The maximum absolute atomic E-state index is 14.1. The molecule has 3 heterocycles. The Morgan fingerprint density at radius 1 is 1.09 bits per heavy atom. The molecule has 43 heavy (non-hydrogen) atoms. The molecule has 0 fully saturated rings. The summed E-state index contributed by atoms with van der Waals surface area (Å²) in [5, 5.41) is 19.6. The Labute approximate surface area is 241 Å². The molecule has 2 aromatic carbocycles. The zero-order valence-electron chi connectivity index (χ0n) is 22.5. The van der Waals surface area contributed by atoms with Crippen molar-refractivity contribution in [2.24, 2.45) is 0 Å². The van der Waals surface area contributed by atoms with Gasteiger partial charge in [-0.2, -0.15) is 18.3 Å². The molecule has 6 rings (SSSR count). The number of nitrogens with zero attached hydrogens (tertiary/aromatic N) is 3. The molecule has 3 N–H and O–H groups in total. The van der Waals surface area contributed by atoms with Gasteiger partial charge in [-0.15, -0.1) is 8.78 Å². The van der Waals surface area contributed by atoms with Crippen LogP contribution in [-0.2, 0) is 12.6 Å². The van der Waals surface area contributed by atoms with Crippen LogP contribution in [-0.4, -0.2) is 32.1 Å². The standard InChI is InChI=1S/C29H24F5N5O4/c1-15(17-7-10-22-23(13-17)43-29(33,34)42-22)36-24-14-19(11-12-35-24)39-25-20(26(38-39)28(30,31)32)3-2-4-21(25)37-18-8-5-16(6-9-18)27(40)41/h5-15,21,37H,2-4H2,1H3,(H,35,36)(H,40,41)/t15-,21-/m0/s1. The molecule has 0 saturated carbocycles. The van der Waals surface area contributed by atoms with Crippen molar-refractivity contribution in [2.45, 2.75) is 50.7 Å². The van der Waals surface area contributed by atoms with E-state index in [1.807, 2.05) is 0 Å². The first-order valence-corrected chi connectivity index (χ1v) is 13.3. The Bertz CT molecular complexity index is 1690. The van der Waals surface area contributed by atoms with Gasteiger partial charge in [0.1, 0.15) is 5.82 Å². The second kappa shape index (κ2) is 10.4. The predicted octanol–water partition coefficient (Wildman–Crippen LogP) is 6.97. The van der Waals surface area contributed by atoms with Crippen molar-refractivity contribution in [2.75, 3.05) is 10.6 Å². The summed E-state index contributed by atoms with van der Waals surface area (Å²) in [5.74, 6) is -0.978. The Morgan fingerprint density at radius 2 is 1.84 bits per heavy atom. The lowest BCUT2D eigenvalue weighted by Gasteiger charge is -2.27. The van der Waals surface area contributed by atoms with Crippen LogP contribution in [0.3, 0.4) is 0 Å². The van der Waals surface area contributed by atoms with E-state index in [-0.39, 0.29) is 29.0 Å². The van der Waals surface area contributed by atoms with Gasteiger partial charge in [-0.25, -0.2) is 14.5 Å². The van der Waals surface area contributed by atoms with Gasteiger partial charge in [0.05, 0.1) is 29.0 Å². The molecule has 9 nitrogen and oxygen atoms in total. The quantitative estimate of drug-likeness (QED) is 0.195. The lowest BCUT2D eigenvalue weighted by Crippen LogP contribution is -2.25. The van der Waals surface area contributed by atoms with E-state index in [9.17, 15) is 31.9 Å². The smallest absolute Gasteiger partial charge is 0.478 e. The Kier molecular flexibility index (Phi) is 6.86. The first kappa shape index (κ1) is 28.2. The van der Waals surface area contributed by atoms with Gasteiger partial charge in [0, 0.05) is 23.5 Å². The van der Waals surface area contributed by atoms with Crippen LogP contribution in [0, 0.1) is 0 Å². The fraction of sp³-hybridized carbons (Fsp3) is 0.276. The van der Waals surface area contributed by atoms with Crippen LogP contribution in [0.5, 0.6) is 11.5 Å². The highest BCUT2D eigenvalue weighted by molar-refractivity contribution is 5.88. The van der Waals surface area contributed by atoms with E-state index in [0.29, 0.717) is 41.3 Å². The molecular weight excluding hydrogens is 577 g/mol. The van der Waals surface area contributed by atoms with Crippen LogP contribution >= 0.6 is 0 Å². The van der Waals surface area contributed by atoms with Crippen molar-refractivity contribution in [3.63, 3.8) is 0 Å². The number of rotatable bonds is 7. The maximum Gasteiger partial charge on any atom is 0.586 e. The number of hydrogen-bond acceptors (Lipinski definition) is 7. The fourth-order valence-electron chi connectivity index (χ4n) is 5.33. The molecular formula is C29H24F5N5O4. The van der Waals surface area contributed by atoms with E-state index in [1.165, 1.54) is 35.1 Å². The van der Waals surface area contributed by atoms with E-state index < -0.39 is 36.2 Å². The number of alkyl halides is 5. The van der Waals surface area contributed by atoms with Gasteiger partial charge in [0.25, 0.3) is 0 Å². The lowest BCUT2D eigenvalue weighted by atomic mass is 9.91. The third-order valence-electron chi connectivity index (χ3n) is 7.29. The van der Waals surface area contributed by atoms with Crippen LogP contribution < -0.4 is 20.1 Å². The molecule has 2 atom stereocenters. The number of benzene rings is 2. The summed E-state index contributed by atoms with van der Waals surface area (Å²) in [7, 11) is 0. The molecule has 2 aromatic heterocycles. The molecule has 1 aliphatic heterocycles. The molecule has 0 bridgehead atoms. The molecule has 0 saturated heterocycles. The molecule has 0 unspecified atom stereocenters. The highest BCUT2D eigenvalue weighted by Crippen LogP contribution is 2.43. The zero-order chi connectivity index (χ0) is 30.5. The van der Waals surface area contributed by atoms with Gasteiger partial charge in [0.15, 0.2) is 17.2 Å². The minimum absolute atomic E-state index is 0.0870. The third-order valence-corrected chi connectivity index (χ3v) is 7.29. The Morgan fingerprint density at radius 3 is 2.56 bits per heavy atom. The molecule has 224 valence electrons. The van der Waals surface area contributed by atoms with Crippen LogP contribution in [0.15, 0.2) is 60.8 Å². The topological polar surface area (TPSA) is 111 Å². The van der Waals surface area contributed by atoms with Gasteiger partial charge in [-0.1, -0.05) is 6.07 Å². The van der Waals surface area contributed by atoms with Crippen LogP contribution in [0.4, 0.5) is 33.5 Å². The largest absolute Gasteiger partial charge is 0.586 e. The molecule has 0 spiro atoms. The normalized spacial score (nSPS) is 17.7. The summed E-state index contributed by atoms with van der Waals surface area (Å²) in [6.07, 6.45) is -5.79. The predicted molar refractivity (Wildman–Crippen MR) is 144 cm³/mol. The number of nitrogens with one attached hydrogen (secondary N) is 2. The summed E-state index contributed by atoms with van der Waals surface area (Å²) in [6.45, 7) is 1.76. The second-order valence-electron chi connectivity index (χ2n) is 10.2. The molecule has 4 aromatic rings. The molecule has 2 aliphatic rings. The average Bonchev–Trinajstić information content (AvgIpc) is 3.50. The Hall–Kier alpha value is -4.88. The van der Waals surface area contributed by atoms with Gasteiger partial charge in [0.2, 0.25) is 0 Å². The van der Waals surface area contributed by atoms with Gasteiger partial charge < -0.3 is 25.2 Å². The minimum Gasteiger partial charge on any atom is -0.478 e. The molecule has 1 aliphatic carbocycles. The number of carboxylic acid groups (broad SMARTS) is 1. The summed E-state index contributed by atoms with van der Waals surface area (Å²) >= 11 is 0. The van der Waals surface area contributed by atoms with E-state index in [2.05, 4.69) is 30.2 Å². The van der Waals surface area contributed by atoms with E-state index in [0.717, 1.165) is 0 Å². The first-order valence-electron chi connectivity index (χ1n) is 13.3. The number of anilines is 2. The van der Waals surface area contributed by atoms with E-state index >= 15 is 0 Å². The van der Waals surface area contributed by atoms with Gasteiger partial charge in [-0.05, 0) is 74.2 Å². The Balaban J connectivity index is 1.31. The third kappa shape index (κ3) is 5.64. The van der Waals surface area contributed by atoms with Crippen molar-refractivity contribution in [3.8, 4) is 17.2 Å². The van der Waals surface area contributed by atoms with Crippen molar-refractivity contribution in [1.82, 2.24) is 14.8 Å². The average molecular weight is 602 g/mol. The summed E-state index contributed by atoms with van der Waals surface area (Å²) < 4.78 is 79.5. The number of carboxylic acids is 1. The maximum atomic E-state index is 14.1. The fourth-order valence-corrected chi connectivity index (χ4v) is 5.33. The number of hydrogen-bond donors (Lipinski definition) is 3. The number of ether oxygens (including phenoxy) is 2. The van der Waals surface area contributed by atoms with Crippen LogP contribution in [0.1, 0.15) is 64.7 Å². The molecule has 14 heteroatoms. The van der Waals surface area contributed by atoms with Crippen molar-refractivity contribution in [3.05, 3.63) is 88.9 Å². The zero-order valence-corrected chi connectivity index (χ0v) is 22.5. The number of pyridine rings is 1. The molecule has 0 amide bonds.